The summed E-state index contributed by atoms with van der Waals surface area (Å²) in [4.78, 5) is 10.8. The van der Waals surface area contributed by atoms with E-state index in [0.717, 1.165) is 25.9 Å². The minimum Gasteiger partial charge on any atom is -0.477 e. The molecule has 1 unspecified atom stereocenters. The van der Waals surface area contributed by atoms with E-state index < -0.39 is 5.97 Å². The van der Waals surface area contributed by atoms with Gasteiger partial charge in [0.1, 0.15) is 5.69 Å². The highest BCUT2D eigenvalue weighted by Gasteiger charge is 2.20. The second-order valence-corrected chi connectivity index (χ2v) is 3.47. The second-order valence-electron chi connectivity index (χ2n) is 3.47. The van der Waals surface area contributed by atoms with Crippen molar-refractivity contribution < 1.29 is 9.90 Å². The van der Waals surface area contributed by atoms with Crippen LogP contribution >= 0.6 is 0 Å². The summed E-state index contributed by atoms with van der Waals surface area (Å²) in [6.07, 6.45) is 3.61. The predicted molar refractivity (Wildman–Crippen MR) is 50.3 cm³/mol. The molecule has 1 aromatic rings. The topological polar surface area (TPSA) is 67.1 Å². The average Bonchev–Trinajstić information content (AvgIpc) is 2.67. The fraction of sp³-hybridized carbons (Fsp3) is 0.556. The number of hydrogen-bond donors (Lipinski definition) is 2. The highest BCUT2D eigenvalue weighted by atomic mass is 16.4. The van der Waals surface area contributed by atoms with Gasteiger partial charge in [-0.25, -0.2) is 4.79 Å². The van der Waals surface area contributed by atoms with Crippen LogP contribution in [0, 0.1) is 0 Å². The molecule has 1 aliphatic heterocycles. The lowest BCUT2D eigenvalue weighted by atomic mass is 10.1. The Morgan fingerprint density at radius 1 is 1.71 bits per heavy atom. The van der Waals surface area contributed by atoms with Crippen molar-refractivity contribution in [2.24, 2.45) is 0 Å². The van der Waals surface area contributed by atoms with Crippen LogP contribution in [0.15, 0.2) is 12.3 Å². The first-order valence-electron chi connectivity index (χ1n) is 4.76. The van der Waals surface area contributed by atoms with Gasteiger partial charge in [0.2, 0.25) is 0 Å². The molecule has 5 heteroatoms. The number of hydrogen-bond acceptors (Lipinski definition) is 3. The summed E-state index contributed by atoms with van der Waals surface area (Å²) in [5.74, 6) is -0.909. The molecule has 2 heterocycles. The van der Waals surface area contributed by atoms with Gasteiger partial charge >= 0.3 is 5.97 Å². The molecule has 14 heavy (non-hydrogen) atoms. The summed E-state index contributed by atoms with van der Waals surface area (Å²) in [7, 11) is 0. The van der Waals surface area contributed by atoms with Crippen molar-refractivity contribution in [1.82, 2.24) is 15.1 Å². The van der Waals surface area contributed by atoms with Gasteiger partial charge in [-0.05, 0) is 25.5 Å². The summed E-state index contributed by atoms with van der Waals surface area (Å²) in [6, 6.07) is 1.72. The lowest BCUT2D eigenvalue weighted by Crippen LogP contribution is -2.33. The zero-order valence-corrected chi connectivity index (χ0v) is 7.81. The predicted octanol–water partition coefficient (Wildman–Crippen LogP) is 0.506. The Labute approximate surface area is 81.7 Å². The van der Waals surface area contributed by atoms with Crippen molar-refractivity contribution in [3.8, 4) is 0 Å². The number of nitrogens with one attached hydrogen (secondary N) is 1. The summed E-state index contributed by atoms with van der Waals surface area (Å²) in [5.41, 5.74) is 0.277. The van der Waals surface area contributed by atoms with E-state index >= 15 is 0 Å². The molecule has 0 bridgehead atoms. The van der Waals surface area contributed by atoms with Gasteiger partial charge in [0, 0.05) is 12.7 Å². The fourth-order valence-electron chi connectivity index (χ4n) is 1.82. The molecule has 1 aromatic heterocycles. The molecule has 5 nitrogen and oxygen atoms in total. The van der Waals surface area contributed by atoms with Crippen LogP contribution in [-0.2, 0) is 0 Å². The minimum absolute atomic E-state index is 0.185. The van der Waals surface area contributed by atoms with E-state index in [2.05, 4.69) is 10.4 Å². The largest absolute Gasteiger partial charge is 0.477 e. The SMILES string of the molecule is O=C(O)c1ccnn1C1CCCNC1. The number of carbonyl (C=O) groups is 1. The molecule has 0 aliphatic carbocycles. The molecular weight excluding hydrogens is 182 g/mol. The molecule has 0 aromatic carbocycles. The van der Waals surface area contributed by atoms with Crippen LogP contribution in [0.1, 0.15) is 29.4 Å². The molecule has 0 spiro atoms. The first kappa shape index (κ1) is 9.21. The molecule has 1 atom stereocenters. The fourth-order valence-corrected chi connectivity index (χ4v) is 1.82. The molecular formula is C9H13N3O2. The number of carboxylic acids is 1. The highest BCUT2D eigenvalue weighted by Crippen LogP contribution is 2.17. The van der Waals surface area contributed by atoms with Crippen LogP contribution in [0.2, 0.25) is 0 Å². The Bertz CT molecular complexity index is 329. The van der Waals surface area contributed by atoms with Crippen molar-refractivity contribution in [1.29, 1.82) is 0 Å². The number of rotatable bonds is 2. The number of nitrogens with zero attached hydrogens (tertiary/aromatic N) is 2. The van der Waals surface area contributed by atoms with Gasteiger partial charge < -0.3 is 10.4 Å². The van der Waals surface area contributed by atoms with Crippen LogP contribution in [0.4, 0.5) is 0 Å². The summed E-state index contributed by atoms with van der Waals surface area (Å²) >= 11 is 0. The highest BCUT2D eigenvalue weighted by molar-refractivity contribution is 5.85. The van der Waals surface area contributed by atoms with Crippen molar-refractivity contribution in [2.75, 3.05) is 13.1 Å². The van der Waals surface area contributed by atoms with E-state index in [0.29, 0.717) is 0 Å². The molecule has 2 N–H and O–H groups in total. The molecule has 0 amide bonds. The lowest BCUT2D eigenvalue weighted by molar-refractivity contribution is 0.0678. The van der Waals surface area contributed by atoms with Gasteiger partial charge in [-0.3, -0.25) is 4.68 Å². The monoisotopic (exact) mass is 195 g/mol. The van der Waals surface area contributed by atoms with Gasteiger partial charge in [0.05, 0.1) is 6.04 Å². The smallest absolute Gasteiger partial charge is 0.354 e. The molecule has 0 radical (unpaired) electrons. The van der Waals surface area contributed by atoms with Crippen molar-refractivity contribution in [3.05, 3.63) is 18.0 Å². The van der Waals surface area contributed by atoms with E-state index in [-0.39, 0.29) is 11.7 Å². The van der Waals surface area contributed by atoms with Crippen molar-refractivity contribution in [3.63, 3.8) is 0 Å². The van der Waals surface area contributed by atoms with Gasteiger partial charge in [-0.2, -0.15) is 5.10 Å². The Balaban J connectivity index is 2.21. The number of aromatic nitrogens is 2. The van der Waals surface area contributed by atoms with Crippen molar-refractivity contribution in [2.45, 2.75) is 18.9 Å². The number of aromatic carboxylic acids is 1. The molecule has 1 saturated heterocycles. The van der Waals surface area contributed by atoms with E-state index in [9.17, 15) is 4.79 Å². The summed E-state index contributed by atoms with van der Waals surface area (Å²) < 4.78 is 1.61. The first-order chi connectivity index (χ1) is 6.79. The van der Waals surface area contributed by atoms with Crippen LogP contribution < -0.4 is 5.32 Å². The minimum atomic E-state index is -0.909. The Morgan fingerprint density at radius 3 is 3.21 bits per heavy atom. The lowest BCUT2D eigenvalue weighted by Gasteiger charge is -2.23. The van der Waals surface area contributed by atoms with Crippen LogP contribution in [0.3, 0.4) is 0 Å². The van der Waals surface area contributed by atoms with E-state index in [1.165, 1.54) is 12.3 Å². The zero-order chi connectivity index (χ0) is 9.97. The summed E-state index contributed by atoms with van der Waals surface area (Å²) in [6.45, 7) is 1.82. The zero-order valence-electron chi connectivity index (χ0n) is 7.81. The maximum absolute atomic E-state index is 10.8. The van der Waals surface area contributed by atoms with Crippen molar-refractivity contribution >= 4 is 5.97 Å². The van der Waals surface area contributed by atoms with Crippen LogP contribution in [0.25, 0.3) is 0 Å². The van der Waals surface area contributed by atoms with Gasteiger partial charge in [-0.1, -0.05) is 0 Å². The maximum atomic E-state index is 10.8. The molecule has 1 aliphatic rings. The standard InChI is InChI=1S/C9H13N3O2/c13-9(14)8-3-5-11-12(8)7-2-1-4-10-6-7/h3,5,7,10H,1-2,4,6H2,(H,13,14). The van der Waals surface area contributed by atoms with Gasteiger partial charge in [0.15, 0.2) is 0 Å². The Morgan fingerprint density at radius 2 is 2.57 bits per heavy atom. The molecule has 1 fully saturated rings. The number of piperidine rings is 1. The van der Waals surface area contributed by atoms with Crippen LogP contribution in [0.5, 0.6) is 0 Å². The van der Waals surface area contributed by atoms with Gasteiger partial charge in [-0.15, -0.1) is 0 Å². The first-order valence-corrected chi connectivity index (χ1v) is 4.76. The molecule has 0 saturated carbocycles. The third-order valence-corrected chi connectivity index (χ3v) is 2.51. The molecule has 2 rings (SSSR count). The number of carboxylic acid groups (broad SMARTS) is 1. The van der Waals surface area contributed by atoms with E-state index in [1.807, 2.05) is 0 Å². The maximum Gasteiger partial charge on any atom is 0.354 e. The normalized spacial score (nSPS) is 22.1. The van der Waals surface area contributed by atoms with Crippen LogP contribution in [-0.4, -0.2) is 33.9 Å². The second kappa shape index (κ2) is 3.79. The third kappa shape index (κ3) is 1.63. The summed E-state index contributed by atoms with van der Waals surface area (Å²) in [5, 5.41) is 16.2. The Kier molecular flexibility index (Phi) is 2.49. The molecule has 76 valence electrons. The quantitative estimate of drug-likeness (QED) is 0.721. The third-order valence-electron chi connectivity index (χ3n) is 2.51. The van der Waals surface area contributed by atoms with E-state index in [1.54, 1.807) is 4.68 Å². The van der Waals surface area contributed by atoms with Gasteiger partial charge in [0.25, 0.3) is 0 Å². The average molecular weight is 195 g/mol. The Hall–Kier alpha value is -1.36. The van der Waals surface area contributed by atoms with E-state index in [4.69, 9.17) is 5.11 Å².